The average Bonchev–Trinajstić information content (AvgIpc) is 3.23. The first-order chi connectivity index (χ1) is 11.7. The molecule has 7 heteroatoms. The number of carbonyl (C=O) groups excluding carboxylic acids is 2. The summed E-state index contributed by atoms with van der Waals surface area (Å²) < 4.78 is 1.97. The van der Waals surface area contributed by atoms with Crippen molar-refractivity contribution in [2.24, 2.45) is 5.92 Å². The highest BCUT2D eigenvalue weighted by Gasteiger charge is 2.34. The zero-order valence-electron chi connectivity index (χ0n) is 13.5. The van der Waals surface area contributed by atoms with Gasteiger partial charge in [0.1, 0.15) is 0 Å². The van der Waals surface area contributed by atoms with E-state index in [4.69, 9.17) is 0 Å². The van der Waals surface area contributed by atoms with Crippen molar-refractivity contribution in [3.63, 3.8) is 0 Å². The highest BCUT2D eigenvalue weighted by atomic mass is 16.2. The van der Waals surface area contributed by atoms with Crippen LogP contribution >= 0.6 is 0 Å². The molecule has 1 aliphatic heterocycles. The maximum atomic E-state index is 12.2. The van der Waals surface area contributed by atoms with Crippen molar-refractivity contribution in [3.8, 4) is 0 Å². The van der Waals surface area contributed by atoms with E-state index < -0.39 is 0 Å². The monoisotopic (exact) mass is 327 g/mol. The lowest BCUT2D eigenvalue weighted by Gasteiger charge is -2.16. The number of nitrogens with zero attached hydrogens (tertiary/aromatic N) is 4. The van der Waals surface area contributed by atoms with E-state index in [0.717, 1.165) is 18.7 Å². The van der Waals surface area contributed by atoms with Gasteiger partial charge in [0.2, 0.25) is 11.8 Å². The second-order valence-corrected chi connectivity index (χ2v) is 5.94. The molecule has 2 aromatic rings. The molecule has 1 saturated heterocycles. The van der Waals surface area contributed by atoms with Crippen LogP contribution in [0, 0.1) is 5.92 Å². The van der Waals surface area contributed by atoms with Gasteiger partial charge in [-0.05, 0) is 18.6 Å². The Hall–Kier alpha value is -2.70. The van der Waals surface area contributed by atoms with Crippen LogP contribution in [-0.2, 0) is 22.7 Å². The van der Waals surface area contributed by atoms with Crippen molar-refractivity contribution in [1.82, 2.24) is 24.8 Å². The van der Waals surface area contributed by atoms with Gasteiger partial charge in [-0.3, -0.25) is 14.6 Å². The van der Waals surface area contributed by atoms with Crippen molar-refractivity contribution >= 4 is 11.8 Å². The van der Waals surface area contributed by atoms with Crippen LogP contribution in [0.3, 0.4) is 0 Å². The minimum absolute atomic E-state index is 0.0132. The molecule has 1 aliphatic rings. The van der Waals surface area contributed by atoms with Crippen molar-refractivity contribution in [1.29, 1.82) is 0 Å². The standard InChI is InChI=1S/C17H21N5O2/c23-16-10-14(11-22(16)12-15-4-1-2-5-19-15)17(24)20-6-3-8-21-9-7-18-13-21/h1-2,4-5,7,9,13-14H,3,6,8,10-12H2,(H,20,24)/t14-/m0/s1. The Labute approximate surface area is 140 Å². The number of aromatic nitrogens is 3. The van der Waals surface area contributed by atoms with Crippen LogP contribution in [0.1, 0.15) is 18.5 Å². The van der Waals surface area contributed by atoms with Crippen LogP contribution in [0.25, 0.3) is 0 Å². The maximum Gasteiger partial charge on any atom is 0.225 e. The zero-order valence-corrected chi connectivity index (χ0v) is 13.5. The fourth-order valence-electron chi connectivity index (χ4n) is 2.82. The molecule has 24 heavy (non-hydrogen) atoms. The zero-order chi connectivity index (χ0) is 16.8. The number of aryl methyl sites for hydroxylation is 1. The number of likely N-dealkylation sites (tertiary alicyclic amines) is 1. The van der Waals surface area contributed by atoms with Gasteiger partial charge in [0.05, 0.1) is 24.5 Å². The molecular weight excluding hydrogens is 306 g/mol. The van der Waals surface area contributed by atoms with Crippen molar-refractivity contribution in [2.75, 3.05) is 13.1 Å². The largest absolute Gasteiger partial charge is 0.356 e. The molecule has 0 bridgehead atoms. The number of pyridine rings is 1. The maximum absolute atomic E-state index is 12.2. The molecule has 0 unspecified atom stereocenters. The molecule has 3 rings (SSSR count). The van der Waals surface area contributed by atoms with E-state index >= 15 is 0 Å². The predicted molar refractivity (Wildman–Crippen MR) is 87.6 cm³/mol. The molecule has 1 fully saturated rings. The first kappa shape index (κ1) is 16.2. The van der Waals surface area contributed by atoms with Gasteiger partial charge in [-0.15, -0.1) is 0 Å². The van der Waals surface area contributed by atoms with Gasteiger partial charge in [-0.1, -0.05) is 6.07 Å². The highest BCUT2D eigenvalue weighted by Crippen LogP contribution is 2.19. The third kappa shape index (κ3) is 4.18. The van der Waals surface area contributed by atoms with Gasteiger partial charge in [-0.2, -0.15) is 0 Å². The fraction of sp³-hybridized carbons (Fsp3) is 0.412. The number of hydrogen-bond donors (Lipinski definition) is 1. The Kier molecular flexibility index (Phi) is 5.20. The van der Waals surface area contributed by atoms with Crippen molar-refractivity contribution in [3.05, 3.63) is 48.8 Å². The number of hydrogen-bond acceptors (Lipinski definition) is 4. The molecule has 1 atom stereocenters. The first-order valence-electron chi connectivity index (χ1n) is 8.13. The minimum atomic E-state index is -0.269. The van der Waals surface area contributed by atoms with Gasteiger partial charge in [0.15, 0.2) is 0 Å². The van der Waals surface area contributed by atoms with E-state index in [1.54, 1.807) is 23.6 Å². The number of amides is 2. The Morgan fingerprint density at radius 2 is 2.25 bits per heavy atom. The van der Waals surface area contributed by atoms with E-state index in [2.05, 4.69) is 15.3 Å². The molecule has 0 saturated carbocycles. The summed E-state index contributed by atoms with van der Waals surface area (Å²) in [4.78, 5) is 34.2. The van der Waals surface area contributed by atoms with Crippen LogP contribution in [0.2, 0.25) is 0 Å². The highest BCUT2D eigenvalue weighted by molar-refractivity contribution is 5.89. The van der Waals surface area contributed by atoms with E-state index in [1.807, 2.05) is 29.0 Å². The SMILES string of the molecule is O=C(NCCCn1ccnc1)[C@H]1CC(=O)N(Cc2ccccn2)C1. The van der Waals surface area contributed by atoms with Crippen LogP contribution in [0.4, 0.5) is 0 Å². The third-order valence-corrected chi connectivity index (χ3v) is 4.12. The molecule has 7 nitrogen and oxygen atoms in total. The van der Waals surface area contributed by atoms with Crippen LogP contribution in [-0.4, -0.2) is 44.3 Å². The molecule has 2 aromatic heterocycles. The third-order valence-electron chi connectivity index (χ3n) is 4.12. The second kappa shape index (κ2) is 7.72. The Balaban J connectivity index is 1.42. The number of imidazole rings is 1. The van der Waals surface area contributed by atoms with Crippen molar-refractivity contribution < 1.29 is 9.59 Å². The quantitative estimate of drug-likeness (QED) is 0.764. The lowest BCUT2D eigenvalue weighted by molar-refractivity contribution is -0.129. The molecule has 0 spiro atoms. The summed E-state index contributed by atoms with van der Waals surface area (Å²) in [6.45, 7) is 2.34. The molecule has 1 N–H and O–H groups in total. The molecular formula is C17H21N5O2. The summed E-state index contributed by atoms with van der Waals surface area (Å²) in [6, 6.07) is 5.62. The van der Waals surface area contributed by atoms with Gasteiger partial charge in [0.25, 0.3) is 0 Å². The molecule has 126 valence electrons. The summed E-state index contributed by atoms with van der Waals surface area (Å²) in [5.74, 6) is -0.300. The summed E-state index contributed by atoms with van der Waals surface area (Å²) in [5.41, 5.74) is 0.840. The van der Waals surface area contributed by atoms with E-state index in [1.165, 1.54) is 0 Å². The van der Waals surface area contributed by atoms with Gasteiger partial charge in [0, 0.05) is 44.6 Å². The summed E-state index contributed by atoms with van der Waals surface area (Å²) in [7, 11) is 0. The van der Waals surface area contributed by atoms with E-state index in [-0.39, 0.29) is 24.2 Å². The van der Waals surface area contributed by atoms with Crippen LogP contribution in [0.5, 0.6) is 0 Å². The number of rotatable bonds is 7. The molecule has 2 amide bonds. The number of nitrogens with one attached hydrogen (secondary N) is 1. The Morgan fingerprint density at radius 3 is 3.00 bits per heavy atom. The predicted octanol–water partition coefficient (Wildman–Crippen LogP) is 0.833. The fourth-order valence-corrected chi connectivity index (χ4v) is 2.82. The summed E-state index contributed by atoms with van der Waals surface area (Å²) >= 11 is 0. The van der Waals surface area contributed by atoms with E-state index in [0.29, 0.717) is 19.6 Å². The van der Waals surface area contributed by atoms with Gasteiger partial charge in [-0.25, -0.2) is 4.98 Å². The lowest BCUT2D eigenvalue weighted by Crippen LogP contribution is -2.33. The smallest absolute Gasteiger partial charge is 0.225 e. The van der Waals surface area contributed by atoms with Gasteiger partial charge < -0.3 is 14.8 Å². The van der Waals surface area contributed by atoms with E-state index in [9.17, 15) is 9.59 Å². The topological polar surface area (TPSA) is 80.1 Å². The molecule has 0 aliphatic carbocycles. The lowest BCUT2D eigenvalue weighted by atomic mass is 10.1. The normalized spacial score (nSPS) is 17.2. The van der Waals surface area contributed by atoms with Crippen LogP contribution in [0.15, 0.2) is 43.1 Å². The average molecular weight is 327 g/mol. The molecule has 0 aromatic carbocycles. The summed E-state index contributed by atoms with van der Waals surface area (Å²) in [6.07, 6.45) is 8.21. The Morgan fingerprint density at radius 1 is 1.33 bits per heavy atom. The molecule has 0 radical (unpaired) electrons. The Bertz CT molecular complexity index is 672. The van der Waals surface area contributed by atoms with Crippen molar-refractivity contribution in [2.45, 2.75) is 25.9 Å². The second-order valence-electron chi connectivity index (χ2n) is 5.94. The van der Waals surface area contributed by atoms with Crippen LogP contribution < -0.4 is 5.32 Å². The molecule has 3 heterocycles. The summed E-state index contributed by atoms with van der Waals surface area (Å²) in [5, 5.41) is 2.92. The van der Waals surface area contributed by atoms with Gasteiger partial charge >= 0.3 is 0 Å². The first-order valence-corrected chi connectivity index (χ1v) is 8.13. The number of carbonyl (C=O) groups is 2. The minimum Gasteiger partial charge on any atom is -0.356 e.